The standard InChI is InChI=1S/C16H24N2O2/c1-3-11-4-7-13(8-5-11)18(2)15-10-12(16(19)20)6-9-14(15)17/h6,9-11,13H,3-5,7-8,17H2,1-2H3,(H,19,20). The maximum atomic E-state index is 11.1. The van der Waals surface area contributed by atoms with Crippen molar-refractivity contribution in [2.45, 2.75) is 45.1 Å². The topological polar surface area (TPSA) is 66.6 Å². The van der Waals surface area contributed by atoms with Gasteiger partial charge in [-0.25, -0.2) is 4.79 Å². The van der Waals surface area contributed by atoms with E-state index in [0.717, 1.165) is 24.4 Å². The van der Waals surface area contributed by atoms with Gasteiger partial charge in [0, 0.05) is 13.1 Å². The second-order valence-electron chi connectivity index (χ2n) is 5.77. The summed E-state index contributed by atoms with van der Waals surface area (Å²) in [7, 11) is 2.02. The van der Waals surface area contributed by atoms with Crippen LogP contribution in [0, 0.1) is 5.92 Å². The quantitative estimate of drug-likeness (QED) is 0.827. The van der Waals surface area contributed by atoms with Gasteiger partial charge in [-0.15, -0.1) is 0 Å². The zero-order chi connectivity index (χ0) is 14.7. The lowest BCUT2D eigenvalue weighted by Gasteiger charge is -2.36. The second kappa shape index (κ2) is 6.16. The monoisotopic (exact) mass is 276 g/mol. The number of hydrogen-bond acceptors (Lipinski definition) is 3. The summed E-state index contributed by atoms with van der Waals surface area (Å²) in [5, 5.41) is 9.10. The van der Waals surface area contributed by atoms with Crippen molar-refractivity contribution in [1.82, 2.24) is 0 Å². The molecule has 1 fully saturated rings. The number of aromatic carboxylic acids is 1. The Kier molecular flexibility index (Phi) is 4.53. The summed E-state index contributed by atoms with van der Waals surface area (Å²) in [6.45, 7) is 2.25. The molecule has 1 aromatic rings. The molecule has 0 aromatic heterocycles. The lowest BCUT2D eigenvalue weighted by Crippen LogP contribution is -2.35. The molecule has 0 heterocycles. The minimum atomic E-state index is -0.908. The van der Waals surface area contributed by atoms with Crippen LogP contribution < -0.4 is 10.6 Å². The predicted octanol–water partition coefficient (Wildman–Crippen LogP) is 3.37. The molecular formula is C16H24N2O2. The Morgan fingerprint density at radius 3 is 2.55 bits per heavy atom. The lowest BCUT2D eigenvalue weighted by atomic mass is 9.84. The van der Waals surface area contributed by atoms with Crippen molar-refractivity contribution >= 4 is 17.3 Å². The van der Waals surface area contributed by atoms with Crippen LogP contribution in [0.3, 0.4) is 0 Å². The fourth-order valence-electron chi connectivity index (χ4n) is 3.12. The normalized spacial score (nSPS) is 22.5. The molecule has 3 N–H and O–H groups in total. The minimum Gasteiger partial charge on any atom is -0.478 e. The Morgan fingerprint density at radius 2 is 2.00 bits per heavy atom. The van der Waals surface area contributed by atoms with Crippen molar-refractivity contribution in [3.05, 3.63) is 23.8 Å². The third-order valence-corrected chi connectivity index (χ3v) is 4.60. The average molecular weight is 276 g/mol. The second-order valence-corrected chi connectivity index (χ2v) is 5.77. The summed E-state index contributed by atoms with van der Waals surface area (Å²) in [6, 6.07) is 5.39. The number of nitrogens with two attached hydrogens (primary N) is 1. The summed E-state index contributed by atoms with van der Waals surface area (Å²) >= 11 is 0. The van der Waals surface area contributed by atoms with Crippen molar-refractivity contribution in [2.75, 3.05) is 17.7 Å². The van der Waals surface area contributed by atoms with Crippen LogP contribution in [0.25, 0.3) is 0 Å². The van der Waals surface area contributed by atoms with E-state index in [0.29, 0.717) is 17.3 Å². The molecule has 0 spiro atoms. The highest BCUT2D eigenvalue weighted by Crippen LogP contribution is 2.33. The molecule has 1 saturated carbocycles. The van der Waals surface area contributed by atoms with Gasteiger partial charge in [0.1, 0.15) is 0 Å². The Bertz CT molecular complexity index is 479. The first-order valence-corrected chi connectivity index (χ1v) is 7.38. The highest BCUT2D eigenvalue weighted by Gasteiger charge is 2.24. The van der Waals surface area contributed by atoms with E-state index in [1.807, 2.05) is 7.05 Å². The predicted molar refractivity (Wildman–Crippen MR) is 82.3 cm³/mol. The first-order chi connectivity index (χ1) is 9.52. The first kappa shape index (κ1) is 14.7. The number of anilines is 2. The third kappa shape index (κ3) is 3.06. The van der Waals surface area contributed by atoms with Crippen molar-refractivity contribution in [3.63, 3.8) is 0 Å². The van der Waals surface area contributed by atoms with E-state index >= 15 is 0 Å². The molecule has 2 rings (SSSR count). The van der Waals surface area contributed by atoms with Crippen LogP contribution >= 0.6 is 0 Å². The van der Waals surface area contributed by atoms with Gasteiger partial charge in [0.15, 0.2) is 0 Å². The highest BCUT2D eigenvalue weighted by atomic mass is 16.4. The van der Waals surface area contributed by atoms with Gasteiger partial charge >= 0.3 is 5.97 Å². The van der Waals surface area contributed by atoms with Crippen LogP contribution in [0.1, 0.15) is 49.4 Å². The molecular weight excluding hydrogens is 252 g/mol. The molecule has 1 aliphatic rings. The molecule has 0 amide bonds. The molecule has 0 saturated heterocycles. The molecule has 1 aliphatic carbocycles. The lowest BCUT2D eigenvalue weighted by molar-refractivity contribution is 0.0697. The number of nitrogens with zero attached hydrogens (tertiary/aromatic N) is 1. The summed E-state index contributed by atoms with van der Waals surface area (Å²) in [4.78, 5) is 13.2. The van der Waals surface area contributed by atoms with E-state index in [1.54, 1.807) is 18.2 Å². The molecule has 4 nitrogen and oxygen atoms in total. The van der Waals surface area contributed by atoms with E-state index in [2.05, 4.69) is 11.8 Å². The summed E-state index contributed by atoms with van der Waals surface area (Å²) in [6.07, 6.45) is 6.08. The summed E-state index contributed by atoms with van der Waals surface area (Å²) in [5.74, 6) is -0.0586. The van der Waals surface area contributed by atoms with Crippen molar-refractivity contribution in [2.24, 2.45) is 5.92 Å². The fraction of sp³-hybridized carbons (Fsp3) is 0.562. The number of hydrogen-bond donors (Lipinski definition) is 2. The van der Waals surface area contributed by atoms with Crippen molar-refractivity contribution < 1.29 is 9.90 Å². The molecule has 20 heavy (non-hydrogen) atoms. The number of carboxylic acid groups (broad SMARTS) is 1. The van der Waals surface area contributed by atoms with Crippen LogP contribution in [0.2, 0.25) is 0 Å². The number of nitrogen functional groups attached to an aromatic ring is 1. The van der Waals surface area contributed by atoms with Gasteiger partial charge in [0.2, 0.25) is 0 Å². The van der Waals surface area contributed by atoms with Crippen LogP contribution in [-0.4, -0.2) is 24.2 Å². The number of rotatable bonds is 4. The smallest absolute Gasteiger partial charge is 0.335 e. The molecule has 110 valence electrons. The van der Waals surface area contributed by atoms with E-state index < -0.39 is 5.97 Å². The Balaban J connectivity index is 2.14. The molecule has 0 aliphatic heterocycles. The molecule has 0 atom stereocenters. The molecule has 0 bridgehead atoms. The van der Waals surface area contributed by atoms with E-state index in [1.165, 1.54) is 19.3 Å². The van der Waals surface area contributed by atoms with E-state index in [4.69, 9.17) is 10.8 Å². The summed E-state index contributed by atoms with van der Waals surface area (Å²) in [5.41, 5.74) is 7.80. The maximum absolute atomic E-state index is 11.1. The molecule has 1 aromatic carbocycles. The van der Waals surface area contributed by atoms with Gasteiger partial charge < -0.3 is 15.7 Å². The van der Waals surface area contributed by atoms with Crippen LogP contribution in [-0.2, 0) is 0 Å². The molecule has 0 unspecified atom stereocenters. The largest absolute Gasteiger partial charge is 0.478 e. The number of carboxylic acids is 1. The Hall–Kier alpha value is -1.71. The van der Waals surface area contributed by atoms with Gasteiger partial charge in [0.25, 0.3) is 0 Å². The SMILES string of the molecule is CCC1CCC(N(C)c2cc(C(=O)O)ccc2N)CC1. The minimum absolute atomic E-state index is 0.295. The van der Waals surface area contributed by atoms with Crippen molar-refractivity contribution in [3.8, 4) is 0 Å². The van der Waals surface area contributed by atoms with Gasteiger partial charge in [-0.2, -0.15) is 0 Å². The average Bonchev–Trinajstić information content (AvgIpc) is 2.47. The Morgan fingerprint density at radius 1 is 1.35 bits per heavy atom. The maximum Gasteiger partial charge on any atom is 0.335 e. The van der Waals surface area contributed by atoms with E-state index in [9.17, 15) is 4.79 Å². The zero-order valence-corrected chi connectivity index (χ0v) is 12.3. The van der Waals surface area contributed by atoms with Gasteiger partial charge in [0.05, 0.1) is 16.9 Å². The summed E-state index contributed by atoms with van der Waals surface area (Å²) < 4.78 is 0. The van der Waals surface area contributed by atoms with Crippen LogP contribution in [0.5, 0.6) is 0 Å². The number of carbonyl (C=O) groups is 1. The van der Waals surface area contributed by atoms with Crippen molar-refractivity contribution in [1.29, 1.82) is 0 Å². The molecule has 0 radical (unpaired) electrons. The number of benzene rings is 1. The Labute approximate surface area is 120 Å². The first-order valence-electron chi connectivity index (χ1n) is 7.38. The van der Waals surface area contributed by atoms with Gasteiger partial charge in [-0.3, -0.25) is 0 Å². The van der Waals surface area contributed by atoms with Crippen LogP contribution in [0.15, 0.2) is 18.2 Å². The molecule has 4 heteroatoms. The van der Waals surface area contributed by atoms with E-state index in [-0.39, 0.29) is 0 Å². The zero-order valence-electron chi connectivity index (χ0n) is 12.3. The van der Waals surface area contributed by atoms with Gasteiger partial charge in [-0.1, -0.05) is 13.3 Å². The van der Waals surface area contributed by atoms with Gasteiger partial charge in [-0.05, 0) is 49.8 Å². The van der Waals surface area contributed by atoms with Crippen LogP contribution in [0.4, 0.5) is 11.4 Å². The third-order valence-electron chi connectivity index (χ3n) is 4.60. The fourth-order valence-corrected chi connectivity index (χ4v) is 3.12. The highest BCUT2D eigenvalue weighted by molar-refractivity contribution is 5.90.